The Morgan fingerprint density at radius 2 is 2.16 bits per heavy atom. The van der Waals surface area contributed by atoms with Gasteiger partial charge in [0.15, 0.2) is 0 Å². The predicted octanol–water partition coefficient (Wildman–Crippen LogP) is 1.22. The maximum Gasteiger partial charge on any atom is 0.282 e. The number of benzene rings is 1. The molecular formula is C12H14FN3O3. The molecule has 2 rings (SSSR count). The van der Waals surface area contributed by atoms with E-state index < -0.39 is 22.3 Å². The van der Waals surface area contributed by atoms with Crippen molar-refractivity contribution in [2.24, 2.45) is 0 Å². The largest absolute Gasteiger partial charge is 0.351 e. The van der Waals surface area contributed by atoms with E-state index in [1.54, 1.807) is 0 Å². The average molecular weight is 267 g/mol. The van der Waals surface area contributed by atoms with Crippen LogP contribution in [0.5, 0.6) is 0 Å². The van der Waals surface area contributed by atoms with E-state index in [9.17, 15) is 19.3 Å². The quantitative estimate of drug-likeness (QED) is 0.461. The van der Waals surface area contributed by atoms with E-state index in [0.29, 0.717) is 19.1 Å². The molecule has 102 valence electrons. The first-order valence-electron chi connectivity index (χ1n) is 6.03. The molecule has 7 heteroatoms. The Bertz CT molecular complexity index is 503. The summed E-state index contributed by atoms with van der Waals surface area (Å²) in [5.41, 5.74) is -0.648. The fourth-order valence-corrected chi connectivity index (χ4v) is 1.68. The first-order valence-corrected chi connectivity index (χ1v) is 6.03. The maximum atomic E-state index is 13.1. The molecule has 2 N–H and O–H groups in total. The van der Waals surface area contributed by atoms with E-state index in [4.69, 9.17) is 0 Å². The number of carbonyl (C=O) groups excluding carboxylic acids is 1. The molecule has 1 aromatic rings. The number of nitrogens with one attached hydrogen (secondary N) is 2. The summed E-state index contributed by atoms with van der Waals surface area (Å²) >= 11 is 0. The minimum atomic E-state index is -0.698. The van der Waals surface area contributed by atoms with Crippen LogP contribution in [0.15, 0.2) is 18.2 Å². The van der Waals surface area contributed by atoms with Gasteiger partial charge in [0.2, 0.25) is 0 Å². The summed E-state index contributed by atoms with van der Waals surface area (Å²) in [5.74, 6) is -1.31. The van der Waals surface area contributed by atoms with Crippen LogP contribution in [0.4, 0.5) is 10.1 Å². The highest BCUT2D eigenvalue weighted by Gasteiger charge is 2.22. The minimum absolute atomic E-state index is 0.253. The molecule has 0 spiro atoms. The van der Waals surface area contributed by atoms with Gasteiger partial charge >= 0.3 is 0 Å². The van der Waals surface area contributed by atoms with Gasteiger partial charge in [-0.1, -0.05) is 0 Å². The monoisotopic (exact) mass is 267 g/mol. The molecule has 0 unspecified atom stereocenters. The molecule has 0 atom stereocenters. The van der Waals surface area contributed by atoms with Crippen molar-refractivity contribution in [2.75, 3.05) is 13.1 Å². The molecule has 1 aromatic carbocycles. The number of rotatable bonds is 6. The lowest BCUT2D eigenvalue weighted by molar-refractivity contribution is -0.385. The predicted molar refractivity (Wildman–Crippen MR) is 66.4 cm³/mol. The van der Waals surface area contributed by atoms with Crippen molar-refractivity contribution in [1.29, 1.82) is 0 Å². The second kappa shape index (κ2) is 5.75. The van der Waals surface area contributed by atoms with Crippen LogP contribution in [-0.4, -0.2) is 30.0 Å². The Morgan fingerprint density at radius 1 is 1.42 bits per heavy atom. The van der Waals surface area contributed by atoms with Crippen LogP contribution in [0.3, 0.4) is 0 Å². The normalized spacial score (nSPS) is 14.2. The van der Waals surface area contributed by atoms with Crippen LogP contribution < -0.4 is 10.6 Å². The fraction of sp³-hybridized carbons (Fsp3) is 0.417. The van der Waals surface area contributed by atoms with E-state index in [1.165, 1.54) is 0 Å². The van der Waals surface area contributed by atoms with Crippen LogP contribution in [0.1, 0.15) is 23.2 Å². The maximum absolute atomic E-state index is 13.1. The summed E-state index contributed by atoms with van der Waals surface area (Å²) in [7, 11) is 0. The molecule has 0 radical (unpaired) electrons. The number of amides is 1. The highest BCUT2D eigenvalue weighted by Crippen LogP contribution is 2.19. The number of nitrogens with zero attached hydrogens (tertiary/aromatic N) is 1. The molecule has 0 aliphatic heterocycles. The topological polar surface area (TPSA) is 84.3 Å². The third-order valence-electron chi connectivity index (χ3n) is 2.82. The molecule has 1 aliphatic rings. The van der Waals surface area contributed by atoms with E-state index in [-0.39, 0.29) is 5.56 Å². The molecule has 1 saturated carbocycles. The van der Waals surface area contributed by atoms with Gasteiger partial charge in [0.25, 0.3) is 11.6 Å². The van der Waals surface area contributed by atoms with E-state index in [0.717, 1.165) is 31.0 Å². The number of carbonyl (C=O) groups is 1. The molecule has 19 heavy (non-hydrogen) atoms. The molecule has 0 saturated heterocycles. The van der Waals surface area contributed by atoms with Crippen molar-refractivity contribution in [3.63, 3.8) is 0 Å². The SMILES string of the molecule is O=C(NCCNC1CC1)c1cc(F)ccc1[N+](=O)[O-]. The van der Waals surface area contributed by atoms with Crippen LogP contribution >= 0.6 is 0 Å². The highest BCUT2D eigenvalue weighted by atomic mass is 19.1. The van der Waals surface area contributed by atoms with Gasteiger partial charge in [0.1, 0.15) is 11.4 Å². The van der Waals surface area contributed by atoms with Gasteiger partial charge < -0.3 is 10.6 Å². The van der Waals surface area contributed by atoms with E-state index in [2.05, 4.69) is 10.6 Å². The van der Waals surface area contributed by atoms with Crippen molar-refractivity contribution in [1.82, 2.24) is 10.6 Å². The Morgan fingerprint density at radius 3 is 2.79 bits per heavy atom. The Balaban J connectivity index is 1.96. The molecule has 1 aliphatic carbocycles. The lowest BCUT2D eigenvalue weighted by Gasteiger charge is -2.06. The van der Waals surface area contributed by atoms with Crippen LogP contribution in [-0.2, 0) is 0 Å². The molecule has 6 nitrogen and oxygen atoms in total. The molecular weight excluding hydrogens is 253 g/mol. The molecule has 0 aromatic heterocycles. The summed E-state index contributed by atoms with van der Waals surface area (Å²) in [6, 6.07) is 3.36. The standard InChI is InChI=1S/C12H14FN3O3/c13-8-1-4-11(16(18)19)10(7-8)12(17)15-6-5-14-9-2-3-9/h1,4,7,9,14H,2-3,5-6H2,(H,15,17). The van der Waals surface area contributed by atoms with Gasteiger partial charge in [-0.3, -0.25) is 14.9 Å². The van der Waals surface area contributed by atoms with Crippen molar-refractivity contribution in [3.8, 4) is 0 Å². The number of halogens is 1. The number of hydrogen-bond acceptors (Lipinski definition) is 4. The summed E-state index contributed by atoms with van der Waals surface area (Å²) in [4.78, 5) is 21.8. The van der Waals surface area contributed by atoms with Gasteiger partial charge in [0.05, 0.1) is 4.92 Å². The first kappa shape index (κ1) is 13.4. The Labute approximate surface area is 109 Å². The summed E-state index contributed by atoms with van der Waals surface area (Å²) in [6.07, 6.45) is 2.28. The van der Waals surface area contributed by atoms with Crippen molar-refractivity contribution >= 4 is 11.6 Å². The van der Waals surface area contributed by atoms with Crippen LogP contribution in [0, 0.1) is 15.9 Å². The minimum Gasteiger partial charge on any atom is -0.351 e. The first-order chi connectivity index (χ1) is 9.08. The zero-order valence-electron chi connectivity index (χ0n) is 10.2. The van der Waals surface area contributed by atoms with Gasteiger partial charge in [-0.2, -0.15) is 0 Å². The lowest BCUT2D eigenvalue weighted by atomic mass is 10.1. The van der Waals surface area contributed by atoms with Gasteiger partial charge in [-0.25, -0.2) is 4.39 Å². The van der Waals surface area contributed by atoms with Crippen molar-refractivity contribution in [3.05, 3.63) is 39.7 Å². The highest BCUT2D eigenvalue weighted by molar-refractivity contribution is 5.98. The molecule has 0 bridgehead atoms. The zero-order valence-corrected chi connectivity index (χ0v) is 10.2. The van der Waals surface area contributed by atoms with E-state index in [1.807, 2.05) is 0 Å². The molecule has 1 fully saturated rings. The summed E-state index contributed by atoms with van der Waals surface area (Å²) < 4.78 is 13.1. The average Bonchev–Trinajstić information content (AvgIpc) is 3.18. The Kier molecular flexibility index (Phi) is 4.06. The summed E-state index contributed by atoms with van der Waals surface area (Å²) in [5, 5.41) is 16.5. The third kappa shape index (κ3) is 3.72. The lowest BCUT2D eigenvalue weighted by Crippen LogP contribution is -2.33. The fourth-order valence-electron chi connectivity index (χ4n) is 1.68. The Hall–Kier alpha value is -2.02. The third-order valence-corrected chi connectivity index (χ3v) is 2.82. The second-order valence-corrected chi connectivity index (χ2v) is 4.40. The van der Waals surface area contributed by atoms with E-state index >= 15 is 0 Å². The molecule has 1 amide bonds. The number of hydrogen-bond donors (Lipinski definition) is 2. The molecule has 0 heterocycles. The number of nitro benzene ring substituents is 1. The smallest absolute Gasteiger partial charge is 0.282 e. The second-order valence-electron chi connectivity index (χ2n) is 4.40. The zero-order chi connectivity index (χ0) is 13.8. The van der Waals surface area contributed by atoms with Gasteiger partial charge in [0, 0.05) is 25.2 Å². The van der Waals surface area contributed by atoms with Gasteiger partial charge in [-0.05, 0) is 25.0 Å². The van der Waals surface area contributed by atoms with Gasteiger partial charge in [-0.15, -0.1) is 0 Å². The van der Waals surface area contributed by atoms with Crippen LogP contribution in [0.25, 0.3) is 0 Å². The number of nitro groups is 1. The van der Waals surface area contributed by atoms with Crippen LogP contribution in [0.2, 0.25) is 0 Å². The van der Waals surface area contributed by atoms with Crippen molar-refractivity contribution < 1.29 is 14.1 Å². The van der Waals surface area contributed by atoms with Crippen molar-refractivity contribution in [2.45, 2.75) is 18.9 Å². The summed E-state index contributed by atoms with van der Waals surface area (Å²) in [6.45, 7) is 0.947.